The van der Waals surface area contributed by atoms with Crippen LogP contribution < -0.4 is 4.90 Å². The van der Waals surface area contributed by atoms with Crippen LogP contribution in [0.4, 0.5) is 5.13 Å². The molecule has 2 aromatic carbocycles. The predicted octanol–water partition coefficient (Wildman–Crippen LogP) is 5.46. The van der Waals surface area contributed by atoms with Crippen molar-refractivity contribution in [1.29, 1.82) is 0 Å². The highest BCUT2D eigenvalue weighted by molar-refractivity contribution is 7.22. The number of fused-ring (bicyclic) bond motifs is 1. The summed E-state index contributed by atoms with van der Waals surface area (Å²) in [5, 5.41) is 0.694. The van der Waals surface area contributed by atoms with Crippen LogP contribution in [0.5, 0.6) is 0 Å². The fourth-order valence-electron chi connectivity index (χ4n) is 3.06. The van der Waals surface area contributed by atoms with Crippen LogP contribution in [0.3, 0.4) is 0 Å². The summed E-state index contributed by atoms with van der Waals surface area (Å²) in [5.41, 5.74) is 5.91. The van der Waals surface area contributed by atoms with Crippen molar-refractivity contribution in [2.45, 2.75) is 27.3 Å². The Kier molecular flexibility index (Phi) is 4.92. The molecular weight excluding hydrogens is 366 g/mol. The largest absolute Gasteiger partial charge is 0.278 e. The lowest BCUT2D eigenvalue weighted by molar-refractivity contribution is 0.0985. The number of carbonyl (C=O) groups excluding carboxylic acids is 1. The normalized spacial score (nSPS) is 11.0. The third-order valence-corrected chi connectivity index (χ3v) is 5.94. The smallest absolute Gasteiger partial charge is 0.260 e. The van der Waals surface area contributed by atoms with E-state index in [0.29, 0.717) is 17.2 Å². The molecule has 5 heteroatoms. The zero-order valence-electron chi connectivity index (χ0n) is 16.1. The molecule has 4 aromatic rings. The Bertz CT molecular complexity index is 1130. The number of amides is 1. The first-order chi connectivity index (χ1) is 13.5. The van der Waals surface area contributed by atoms with E-state index < -0.39 is 0 Å². The highest BCUT2D eigenvalue weighted by Gasteiger charge is 2.22. The quantitative estimate of drug-likeness (QED) is 0.467. The SMILES string of the molecule is Cc1ccc(C(=O)N(Cc2ccccn2)c2nc3c(C)c(C)ccc3s2)cc1. The minimum atomic E-state index is -0.0703. The zero-order chi connectivity index (χ0) is 19.7. The van der Waals surface area contributed by atoms with Gasteiger partial charge < -0.3 is 0 Å². The highest BCUT2D eigenvalue weighted by Crippen LogP contribution is 2.33. The van der Waals surface area contributed by atoms with Crippen molar-refractivity contribution in [3.05, 3.63) is 88.7 Å². The minimum Gasteiger partial charge on any atom is -0.278 e. The molecule has 0 N–H and O–H groups in total. The van der Waals surface area contributed by atoms with Crippen LogP contribution in [-0.2, 0) is 6.54 Å². The molecule has 0 saturated heterocycles. The molecular formula is C23H21N3OS. The third kappa shape index (κ3) is 3.53. The van der Waals surface area contributed by atoms with Crippen molar-refractivity contribution in [2.75, 3.05) is 4.90 Å². The molecule has 4 nitrogen and oxygen atoms in total. The van der Waals surface area contributed by atoms with Gasteiger partial charge in [0.15, 0.2) is 5.13 Å². The van der Waals surface area contributed by atoms with Crippen LogP contribution in [0.15, 0.2) is 60.8 Å². The second kappa shape index (κ2) is 7.52. The summed E-state index contributed by atoms with van der Waals surface area (Å²) in [7, 11) is 0. The number of anilines is 1. The summed E-state index contributed by atoms with van der Waals surface area (Å²) < 4.78 is 1.08. The number of hydrogen-bond acceptors (Lipinski definition) is 4. The van der Waals surface area contributed by atoms with E-state index in [4.69, 9.17) is 4.98 Å². The molecule has 4 rings (SSSR count). The van der Waals surface area contributed by atoms with Gasteiger partial charge in [0, 0.05) is 11.8 Å². The van der Waals surface area contributed by atoms with Gasteiger partial charge in [-0.3, -0.25) is 14.7 Å². The molecule has 28 heavy (non-hydrogen) atoms. The maximum absolute atomic E-state index is 13.4. The molecule has 2 heterocycles. The third-order valence-electron chi connectivity index (χ3n) is 4.89. The summed E-state index contributed by atoms with van der Waals surface area (Å²) in [4.78, 5) is 24.3. The number of benzene rings is 2. The number of pyridine rings is 1. The van der Waals surface area contributed by atoms with E-state index in [1.54, 1.807) is 11.1 Å². The van der Waals surface area contributed by atoms with Crippen LogP contribution >= 0.6 is 11.3 Å². The van der Waals surface area contributed by atoms with Crippen molar-refractivity contribution in [3.63, 3.8) is 0 Å². The fourth-order valence-corrected chi connectivity index (χ4v) is 4.08. The van der Waals surface area contributed by atoms with Crippen molar-refractivity contribution >= 4 is 32.6 Å². The zero-order valence-corrected chi connectivity index (χ0v) is 17.0. The van der Waals surface area contributed by atoms with E-state index in [1.165, 1.54) is 16.9 Å². The average Bonchev–Trinajstić information content (AvgIpc) is 3.15. The fraction of sp³-hybridized carbons (Fsp3) is 0.174. The van der Waals surface area contributed by atoms with E-state index in [-0.39, 0.29) is 5.91 Å². The minimum absolute atomic E-state index is 0.0703. The van der Waals surface area contributed by atoms with Crippen molar-refractivity contribution in [3.8, 4) is 0 Å². The topological polar surface area (TPSA) is 46.1 Å². The molecule has 0 atom stereocenters. The molecule has 0 aliphatic carbocycles. The van der Waals surface area contributed by atoms with Gasteiger partial charge in [-0.2, -0.15) is 0 Å². The molecule has 0 spiro atoms. The van der Waals surface area contributed by atoms with Gasteiger partial charge in [-0.25, -0.2) is 4.98 Å². The maximum atomic E-state index is 13.4. The molecule has 0 bridgehead atoms. The van der Waals surface area contributed by atoms with Crippen molar-refractivity contribution in [2.24, 2.45) is 0 Å². The summed E-state index contributed by atoms with van der Waals surface area (Å²) >= 11 is 1.54. The van der Waals surface area contributed by atoms with E-state index in [2.05, 4.69) is 31.0 Å². The van der Waals surface area contributed by atoms with Gasteiger partial charge >= 0.3 is 0 Å². The summed E-state index contributed by atoms with van der Waals surface area (Å²) in [6.45, 7) is 6.55. The first-order valence-corrected chi connectivity index (χ1v) is 10.00. The Morgan fingerprint density at radius 1 is 1.00 bits per heavy atom. The van der Waals surface area contributed by atoms with Gasteiger partial charge in [-0.1, -0.05) is 41.2 Å². The van der Waals surface area contributed by atoms with Crippen molar-refractivity contribution < 1.29 is 4.79 Å². The predicted molar refractivity (Wildman–Crippen MR) is 115 cm³/mol. The van der Waals surface area contributed by atoms with E-state index >= 15 is 0 Å². The van der Waals surface area contributed by atoms with Crippen LogP contribution in [0.25, 0.3) is 10.2 Å². The number of aryl methyl sites for hydroxylation is 3. The molecule has 0 fully saturated rings. The van der Waals surface area contributed by atoms with Gasteiger partial charge in [-0.15, -0.1) is 0 Å². The molecule has 2 aromatic heterocycles. The number of rotatable bonds is 4. The van der Waals surface area contributed by atoms with E-state index in [1.807, 2.05) is 49.4 Å². The van der Waals surface area contributed by atoms with Gasteiger partial charge in [0.25, 0.3) is 5.91 Å². The van der Waals surface area contributed by atoms with Crippen molar-refractivity contribution in [1.82, 2.24) is 9.97 Å². The van der Waals surface area contributed by atoms with E-state index in [9.17, 15) is 4.79 Å². The lowest BCUT2D eigenvalue weighted by Crippen LogP contribution is -2.30. The monoisotopic (exact) mass is 387 g/mol. The first-order valence-electron chi connectivity index (χ1n) is 9.18. The maximum Gasteiger partial charge on any atom is 0.260 e. The summed E-state index contributed by atoms with van der Waals surface area (Å²) in [6.07, 6.45) is 1.75. The number of carbonyl (C=O) groups is 1. The second-order valence-electron chi connectivity index (χ2n) is 6.93. The van der Waals surface area contributed by atoms with E-state index in [0.717, 1.165) is 27.0 Å². The van der Waals surface area contributed by atoms with Crippen LogP contribution in [0.2, 0.25) is 0 Å². The summed E-state index contributed by atoms with van der Waals surface area (Å²) in [5.74, 6) is -0.0703. The first kappa shape index (κ1) is 18.3. The van der Waals surface area contributed by atoms with Crippen LogP contribution in [-0.4, -0.2) is 15.9 Å². The average molecular weight is 388 g/mol. The molecule has 0 aliphatic rings. The molecule has 0 aliphatic heterocycles. The molecule has 0 saturated carbocycles. The molecule has 1 amide bonds. The Balaban J connectivity index is 1.79. The second-order valence-corrected chi connectivity index (χ2v) is 7.94. The summed E-state index contributed by atoms with van der Waals surface area (Å²) in [6, 6.07) is 17.6. The standard InChI is InChI=1S/C23H21N3OS/c1-15-7-10-18(11-8-15)22(27)26(14-19-6-4-5-13-24-19)23-25-21-17(3)16(2)9-12-20(21)28-23/h4-13H,14H2,1-3H3. The Labute approximate surface area is 168 Å². The van der Waals surface area contributed by atoms with Crippen LogP contribution in [0.1, 0.15) is 32.7 Å². The number of hydrogen-bond donors (Lipinski definition) is 0. The number of aromatic nitrogens is 2. The van der Waals surface area contributed by atoms with Gasteiger partial charge in [0.2, 0.25) is 0 Å². The van der Waals surface area contributed by atoms with Gasteiger partial charge in [0.1, 0.15) is 0 Å². The van der Waals surface area contributed by atoms with Gasteiger partial charge in [-0.05, 0) is 62.2 Å². The highest BCUT2D eigenvalue weighted by atomic mass is 32.1. The van der Waals surface area contributed by atoms with Gasteiger partial charge in [0.05, 0.1) is 22.5 Å². The lowest BCUT2D eigenvalue weighted by atomic mass is 10.1. The Morgan fingerprint density at radius 2 is 1.79 bits per heavy atom. The molecule has 140 valence electrons. The lowest BCUT2D eigenvalue weighted by Gasteiger charge is -2.19. The number of thiazole rings is 1. The Morgan fingerprint density at radius 3 is 2.50 bits per heavy atom. The Hall–Kier alpha value is -3.05. The molecule has 0 unspecified atom stereocenters. The number of nitrogens with zero attached hydrogens (tertiary/aromatic N) is 3. The van der Waals surface area contributed by atoms with Crippen LogP contribution in [0, 0.1) is 20.8 Å². The molecule has 0 radical (unpaired) electrons.